The van der Waals surface area contributed by atoms with Crippen LogP contribution in [0.3, 0.4) is 0 Å². The lowest BCUT2D eigenvalue weighted by atomic mass is 10.0. The predicted octanol–water partition coefficient (Wildman–Crippen LogP) is -0.168. The van der Waals surface area contributed by atoms with Gasteiger partial charge in [-0.3, -0.25) is 38.4 Å². The number of hydrogen-bond donors (Lipinski definition) is 10. The largest absolute Gasteiger partial charge is 0.508 e. The first-order valence-electron chi connectivity index (χ1n) is 18.7. The number of likely N-dealkylation sites (N-methyl/N-ethyl adjacent to an activating group) is 1. The average Bonchev–Trinajstić information content (AvgIpc) is 3.61. The quantitative estimate of drug-likeness (QED) is 0.0530. The van der Waals surface area contributed by atoms with Crippen LogP contribution in [0.25, 0.3) is 10.9 Å². The van der Waals surface area contributed by atoms with E-state index in [0.29, 0.717) is 11.1 Å². The Morgan fingerprint density at radius 2 is 1.14 bits per heavy atom. The Bertz CT molecular complexity index is 2120. The molecule has 0 aliphatic rings. The number of carbonyl (C=O) groups is 8. The Hall–Kier alpha value is -7.24. The molecule has 0 aliphatic carbocycles. The van der Waals surface area contributed by atoms with E-state index in [9.17, 15) is 48.6 Å². The molecule has 0 fully saturated rings. The molecule has 0 spiro atoms. The van der Waals surface area contributed by atoms with E-state index < -0.39 is 90.4 Å². The maximum Gasteiger partial charge on any atom is 0.303 e. The molecule has 18 heteroatoms. The summed E-state index contributed by atoms with van der Waals surface area (Å²) in [6, 6.07) is 14.7. The van der Waals surface area contributed by atoms with Crippen molar-refractivity contribution in [3.05, 3.63) is 102 Å². The third kappa shape index (κ3) is 13.7. The van der Waals surface area contributed by atoms with Crippen LogP contribution in [0.5, 0.6) is 5.75 Å². The van der Waals surface area contributed by atoms with Crippen molar-refractivity contribution in [3.8, 4) is 5.75 Å². The third-order valence-electron chi connectivity index (χ3n) is 9.28. The molecule has 0 saturated heterocycles. The third-order valence-corrected chi connectivity index (χ3v) is 9.28. The van der Waals surface area contributed by atoms with Gasteiger partial charge in [0.15, 0.2) is 0 Å². The fourth-order valence-electron chi connectivity index (χ4n) is 6.32. The highest BCUT2D eigenvalue weighted by Gasteiger charge is 2.33. The summed E-state index contributed by atoms with van der Waals surface area (Å²) in [5.41, 5.74) is 7.90. The van der Waals surface area contributed by atoms with Crippen LogP contribution >= 0.6 is 0 Å². The zero-order chi connectivity index (χ0) is 43.1. The Balaban J connectivity index is 1.62. The Morgan fingerprint density at radius 3 is 1.69 bits per heavy atom. The number of aromatic hydroxyl groups is 1. The van der Waals surface area contributed by atoms with Crippen molar-refractivity contribution in [2.45, 2.75) is 75.7 Å². The minimum absolute atomic E-state index is 0.0537. The molecule has 1 aromatic heterocycles. The van der Waals surface area contributed by atoms with Crippen LogP contribution < -0.4 is 37.6 Å². The van der Waals surface area contributed by atoms with Crippen molar-refractivity contribution in [1.82, 2.24) is 36.9 Å². The van der Waals surface area contributed by atoms with E-state index in [1.807, 2.05) is 24.3 Å². The summed E-state index contributed by atoms with van der Waals surface area (Å²) in [6.45, 7) is 1.13. The van der Waals surface area contributed by atoms with Crippen molar-refractivity contribution < 1.29 is 48.6 Å². The second-order valence-electron chi connectivity index (χ2n) is 13.8. The van der Waals surface area contributed by atoms with Gasteiger partial charge in [0.1, 0.15) is 36.0 Å². The molecule has 0 radical (unpaired) electrons. The number of benzene rings is 3. The van der Waals surface area contributed by atoms with Crippen molar-refractivity contribution in [1.29, 1.82) is 0 Å². The molecule has 0 saturated carbocycles. The molecule has 0 bridgehead atoms. The molecule has 11 N–H and O–H groups in total. The highest BCUT2D eigenvalue weighted by atomic mass is 16.4. The van der Waals surface area contributed by atoms with E-state index in [0.717, 1.165) is 23.4 Å². The number of H-pyrrole nitrogens is 1. The van der Waals surface area contributed by atoms with Gasteiger partial charge in [-0.2, -0.15) is 0 Å². The number of hydrogen-bond acceptors (Lipinski definition) is 9. The van der Waals surface area contributed by atoms with Crippen LogP contribution in [0.15, 0.2) is 85.1 Å². The lowest BCUT2D eigenvalue weighted by Crippen LogP contribution is -2.60. The summed E-state index contributed by atoms with van der Waals surface area (Å²) >= 11 is 0. The number of aliphatic carboxylic acids is 1. The number of nitrogens with one attached hydrogen (secondary N) is 7. The highest BCUT2D eigenvalue weighted by Crippen LogP contribution is 2.20. The van der Waals surface area contributed by atoms with Gasteiger partial charge in [-0.25, -0.2) is 0 Å². The first-order valence-corrected chi connectivity index (χ1v) is 18.7. The van der Waals surface area contributed by atoms with E-state index >= 15 is 0 Å². The van der Waals surface area contributed by atoms with E-state index in [2.05, 4.69) is 36.9 Å². The Morgan fingerprint density at radius 1 is 0.627 bits per heavy atom. The second-order valence-corrected chi connectivity index (χ2v) is 13.8. The molecule has 312 valence electrons. The molecular formula is C41H48N8O10. The molecule has 7 amide bonds. The van der Waals surface area contributed by atoms with Crippen molar-refractivity contribution in [2.75, 3.05) is 7.05 Å². The Labute approximate surface area is 339 Å². The normalized spacial score (nSPS) is 13.4. The van der Waals surface area contributed by atoms with Crippen LogP contribution in [0.4, 0.5) is 0 Å². The zero-order valence-electron chi connectivity index (χ0n) is 32.5. The van der Waals surface area contributed by atoms with Gasteiger partial charge >= 0.3 is 5.97 Å². The van der Waals surface area contributed by atoms with Gasteiger partial charge in [0.2, 0.25) is 41.4 Å². The van der Waals surface area contributed by atoms with Crippen LogP contribution in [0.2, 0.25) is 0 Å². The van der Waals surface area contributed by atoms with Crippen molar-refractivity contribution in [2.24, 2.45) is 5.73 Å². The lowest BCUT2D eigenvalue weighted by Gasteiger charge is -2.27. The molecule has 5 atom stereocenters. The van der Waals surface area contributed by atoms with Gasteiger partial charge in [0.05, 0.1) is 6.42 Å². The molecular weight excluding hydrogens is 764 g/mol. The van der Waals surface area contributed by atoms with E-state index in [-0.39, 0.29) is 31.4 Å². The predicted molar refractivity (Wildman–Crippen MR) is 214 cm³/mol. The van der Waals surface area contributed by atoms with E-state index in [1.165, 1.54) is 31.3 Å². The monoisotopic (exact) mass is 812 g/mol. The number of aromatic nitrogens is 1. The fourth-order valence-corrected chi connectivity index (χ4v) is 6.32. The number of carboxylic acid groups (broad SMARTS) is 1. The SMILES string of the molecule is CNC(=O)[C@H](Cc1c[nH]c2ccccc12)NC(=O)[C@H](CCC(=O)O)NC(=O)[C@H](Cc1ccccc1)NC(=O)[C@H](Cc1ccc(O)cc1)NC(=O)[C@H](CC(N)=O)NC(C)=O. The minimum atomic E-state index is -1.48. The number of rotatable bonds is 21. The van der Waals surface area contributed by atoms with Crippen LogP contribution in [0.1, 0.15) is 42.9 Å². The number of phenols is 1. The number of primary amides is 1. The minimum Gasteiger partial charge on any atom is -0.508 e. The number of phenolic OH excluding ortho intramolecular Hbond substituents is 1. The number of carbonyl (C=O) groups excluding carboxylic acids is 7. The molecule has 59 heavy (non-hydrogen) atoms. The fraction of sp³-hybridized carbons (Fsp3) is 0.317. The molecule has 3 aromatic carbocycles. The molecule has 0 aliphatic heterocycles. The van der Waals surface area contributed by atoms with Crippen LogP contribution in [-0.4, -0.2) is 99.8 Å². The van der Waals surface area contributed by atoms with Gasteiger partial charge in [0, 0.05) is 56.8 Å². The Kier molecular flexibility index (Phi) is 16.1. The first-order chi connectivity index (χ1) is 28.1. The average molecular weight is 813 g/mol. The number of carboxylic acids is 1. The van der Waals surface area contributed by atoms with Gasteiger partial charge < -0.3 is 52.8 Å². The van der Waals surface area contributed by atoms with Crippen LogP contribution in [0, 0.1) is 0 Å². The zero-order valence-corrected chi connectivity index (χ0v) is 32.5. The van der Waals surface area contributed by atoms with Crippen molar-refractivity contribution >= 4 is 58.2 Å². The summed E-state index contributed by atoms with van der Waals surface area (Å²) in [5.74, 6) is -6.96. The summed E-state index contributed by atoms with van der Waals surface area (Å²) < 4.78 is 0. The van der Waals surface area contributed by atoms with Gasteiger partial charge in [0.25, 0.3) is 0 Å². The highest BCUT2D eigenvalue weighted by molar-refractivity contribution is 5.97. The van der Waals surface area contributed by atoms with Gasteiger partial charge in [-0.1, -0.05) is 60.7 Å². The number of fused-ring (bicyclic) bond motifs is 1. The van der Waals surface area contributed by atoms with Crippen LogP contribution in [-0.2, 0) is 57.6 Å². The standard InChI is InChI=1S/C41H48N8O10/c1-23(50)45-34(21-35(42)52)41(59)48-32(19-25-12-14-27(51)15-13-25)40(58)47-31(18-24-8-4-3-5-9-24)39(57)46-30(16-17-36(53)54)38(56)49-33(37(55)43-2)20-26-22-44-29-11-7-6-10-28(26)29/h3-15,22,30-34,44,51H,16-21H2,1-2H3,(H2,42,52)(H,43,55)(H,45,50)(H,46,57)(H,47,58)(H,48,59)(H,49,56)(H,53,54)/t30-,31-,32-,33-,34-/m0/s1. The first kappa shape index (κ1) is 44.5. The topological polar surface area (TPSA) is 291 Å². The molecule has 4 aromatic rings. The molecule has 4 rings (SSSR count). The van der Waals surface area contributed by atoms with Gasteiger partial charge in [-0.15, -0.1) is 0 Å². The number of amides is 7. The molecule has 0 unspecified atom stereocenters. The summed E-state index contributed by atoms with van der Waals surface area (Å²) in [4.78, 5) is 107. The summed E-state index contributed by atoms with van der Waals surface area (Å²) in [6.07, 6.45) is -0.0368. The summed E-state index contributed by atoms with van der Waals surface area (Å²) in [5, 5.41) is 35.4. The van der Waals surface area contributed by atoms with Crippen molar-refractivity contribution in [3.63, 3.8) is 0 Å². The number of nitrogens with two attached hydrogens (primary N) is 1. The van der Waals surface area contributed by atoms with Gasteiger partial charge in [-0.05, 0) is 41.3 Å². The number of para-hydroxylation sites is 1. The lowest BCUT2D eigenvalue weighted by molar-refractivity contribution is -0.138. The molecule has 1 heterocycles. The number of aromatic amines is 1. The smallest absolute Gasteiger partial charge is 0.303 e. The second kappa shape index (κ2) is 21.3. The molecule has 18 nitrogen and oxygen atoms in total. The maximum absolute atomic E-state index is 14.2. The maximum atomic E-state index is 14.2. The van der Waals surface area contributed by atoms with E-state index in [4.69, 9.17) is 5.73 Å². The van der Waals surface area contributed by atoms with E-state index in [1.54, 1.807) is 36.5 Å². The summed E-state index contributed by atoms with van der Waals surface area (Å²) in [7, 11) is 1.40.